The van der Waals surface area contributed by atoms with Crippen LogP contribution >= 0.6 is 0 Å². The maximum absolute atomic E-state index is 13.1. The molecule has 0 bridgehead atoms. The number of amides is 1. The molecule has 0 aromatic heterocycles. The normalized spacial score (nSPS) is 18.4. The molecule has 1 N–H and O–H groups in total. The molecule has 1 amide bonds. The summed E-state index contributed by atoms with van der Waals surface area (Å²) < 4.78 is 45.9. The van der Waals surface area contributed by atoms with Crippen LogP contribution in [0.1, 0.15) is 30.9 Å². The minimum Gasteiger partial charge on any atom is -0.491 e. The summed E-state index contributed by atoms with van der Waals surface area (Å²) in [5, 5.41) is 2.93. The Morgan fingerprint density at radius 3 is 2.58 bits per heavy atom. The number of ether oxygens (including phenoxy) is 1. The summed E-state index contributed by atoms with van der Waals surface area (Å²) in [6.07, 6.45) is 1.21. The number of hydrogen-bond donors (Lipinski definition) is 1. The first kappa shape index (κ1) is 23.2. The Labute approximate surface area is 183 Å². The zero-order valence-corrected chi connectivity index (χ0v) is 18.9. The van der Waals surface area contributed by atoms with Crippen molar-refractivity contribution in [3.8, 4) is 5.75 Å². The second-order valence-electron chi connectivity index (χ2n) is 8.12. The molecule has 31 heavy (non-hydrogen) atoms. The van der Waals surface area contributed by atoms with Crippen LogP contribution in [0.25, 0.3) is 0 Å². The molecule has 0 spiro atoms. The number of sulfonamides is 1. The lowest BCUT2D eigenvalue weighted by Gasteiger charge is -2.31. The van der Waals surface area contributed by atoms with Gasteiger partial charge in [0.25, 0.3) is 0 Å². The van der Waals surface area contributed by atoms with Crippen LogP contribution in [0.5, 0.6) is 5.75 Å². The molecule has 2 aromatic rings. The summed E-state index contributed by atoms with van der Waals surface area (Å²) in [5.41, 5.74) is 2.32. The first-order chi connectivity index (χ1) is 14.7. The molecule has 1 aliphatic rings. The molecule has 2 aromatic carbocycles. The van der Waals surface area contributed by atoms with Crippen LogP contribution < -0.4 is 10.1 Å². The highest BCUT2D eigenvalue weighted by Gasteiger charge is 2.33. The van der Waals surface area contributed by atoms with E-state index in [1.165, 1.54) is 22.0 Å². The van der Waals surface area contributed by atoms with Crippen LogP contribution in [-0.4, -0.2) is 44.4 Å². The van der Waals surface area contributed by atoms with E-state index >= 15 is 0 Å². The molecular formula is C23H29FN2O4S. The van der Waals surface area contributed by atoms with E-state index in [1.54, 1.807) is 0 Å². The molecular weight excluding hydrogens is 419 g/mol. The molecule has 8 heteroatoms. The Bertz CT molecular complexity index is 1020. The first-order valence-electron chi connectivity index (χ1n) is 10.4. The third-order valence-corrected chi connectivity index (χ3v) is 7.45. The Hall–Kier alpha value is -2.45. The number of hydrogen-bond acceptors (Lipinski definition) is 4. The van der Waals surface area contributed by atoms with Crippen LogP contribution in [0.3, 0.4) is 0 Å². The maximum atomic E-state index is 13.1. The van der Waals surface area contributed by atoms with Crippen LogP contribution in [-0.2, 0) is 14.8 Å². The lowest BCUT2D eigenvalue weighted by atomic mass is 9.98. The van der Waals surface area contributed by atoms with Crippen LogP contribution in [0.15, 0.2) is 47.4 Å². The topological polar surface area (TPSA) is 75.7 Å². The van der Waals surface area contributed by atoms with Crippen molar-refractivity contribution in [3.05, 3.63) is 59.4 Å². The number of carbonyl (C=O) groups is 1. The summed E-state index contributed by atoms with van der Waals surface area (Å²) in [7, 11) is -3.77. The van der Waals surface area contributed by atoms with E-state index in [0.717, 1.165) is 23.4 Å². The van der Waals surface area contributed by atoms with Gasteiger partial charge in [0.2, 0.25) is 15.9 Å². The monoisotopic (exact) mass is 448 g/mol. The number of carbonyl (C=O) groups excluding carboxylic acids is 1. The second kappa shape index (κ2) is 9.78. The maximum Gasteiger partial charge on any atom is 0.243 e. The van der Waals surface area contributed by atoms with Gasteiger partial charge in [0.05, 0.1) is 16.9 Å². The fourth-order valence-corrected chi connectivity index (χ4v) is 5.08. The van der Waals surface area contributed by atoms with Crippen molar-refractivity contribution < 1.29 is 22.3 Å². The van der Waals surface area contributed by atoms with Gasteiger partial charge in [-0.2, -0.15) is 4.31 Å². The largest absolute Gasteiger partial charge is 0.491 e. The zero-order valence-electron chi connectivity index (χ0n) is 18.1. The van der Waals surface area contributed by atoms with E-state index in [-0.39, 0.29) is 23.4 Å². The molecule has 6 nitrogen and oxygen atoms in total. The van der Waals surface area contributed by atoms with Gasteiger partial charge in [-0.25, -0.2) is 12.8 Å². The second-order valence-corrected chi connectivity index (χ2v) is 10.1. The Kier molecular flexibility index (Phi) is 7.33. The van der Waals surface area contributed by atoms with Crippen LogP contribution in [0, 0.1) is 25.6 Å². The Morgan fingerprint density at radius 1 is 1.19 bits per heavy atom. The lowest BCUT2D eigenvalue weighted by Crippen LogP contribution is -2.48. The Balaban J connectivity index is 1.56. The quantitative estimate of drug-likeness (QED) is 0.704. The smallest absolute Gasteiger partial charge is 0.243 e. The number of nitrogens with zero attached hydrogens (tertiary/aromatic N) is 1. The summed E-state index contributed by atoms with van der Waals surface area (Å²) in [6.45, 7) is 6.67. The van der Waals surface area contributed by atoms with Gasteiger partial charge in [-0.3, -0.25) is 4.79 Å². The number of piperidine rings is 1. The number of aryl methyl sites for hydroxylation is 2. The average Bonchev–Trinajstić information content (AvgIpc) is 2.75. The molecule has 0 radical (unpaired) electrons. The fourth-order valence-electron chi connectivity index (χ4n) is 3.56. The van der Waals surface area contributed by atoms with Crippen molar-refractivity contribution in [1.82, 2.24) is 9.62 Å². The van der Waals surface area contributed by atoms with E-state index in [1.807, 2.05) is 39.0 Å². The van der Waals surface area contributed by atoms with Gasteiger partial charge >= 0.3 is 0 Å². The number of benzene rings is 2. The molecule has 1 saturated heterocycles. The highest BCUT2D eigenvalue weighted by molar-refractivity contribution is 7.89. The predicted molar refractivity (Wildman–Crippen MR) is 117 cm³/mol. The molecule has 3 rings (SSSR count). The molecule has 1 fully saturated rings. The third-order valence-electron chi connectivity index (χ3n) is 5.57. The molecule has 1 heterocycles. The van der Waals surface area contributed by atoms with Crippen molar-refractivity contribution in [2.75, 3.05) is 19.7 Å². The van der Waals surface area contributed by atoms with Crippen molar-refractivity contribution >= 4 is 15.9 Å². The predicted octanol–water partition coefficient (Wildman–Crippen LogP) is 3.43. The van der Waals surface area contributed by atoms with E-state index in [4.69, 9.17) is 4.74 Å². The summed E-state index contributed by atoms with van der Waals surface area (Å²) in [6, 6.07) is 10.4. The van der Waals surface area contributed by atoms with Crippen LogP contribution in [0.2, 0.25) is 0 Å². The number of nitrogens with one attached hydrogen (secondary N) is 1. The summed E-state index contributed by atoms with van der Waals surface area (Å²) in [4.78, 5) is 12.8. The average molecular weight is 449 g/mol. The molecule has 0 unspecified atom stereocenters. The molecule has 2 atom stereocenters. The molecule has 1 aliphatic heterocycles. The van der Waals surface area contributed by atoms with E-state index in [9.17, 15) is 17.6 Å². The molecule has 0 saturated carbocycles. The van der Waals surface area contributed by atoms with Gasteiger partial charge < -0.3 is 10.1 Å². The van der Waals surface area contributed by atoms with Gasteiger partial charge in [-0.05, 0) is 81.1 Å². The van der Waals surface area contributed by atoms with Crippen molar-refractivity contribution in [1.29, 1.82) is 0 Å². The van der Waals surface area contributed by atoms with E-state index in [2.05, 4.69) is 5.32 Å². The first-order valence-corrected chi connectivity index (χ1v) is 11.9. The minimum atomic E-state index is -3.77. The van der Waals surface area contributed by atoms with Gasteiger partial charge in [0.1, 0.15) is 18.2 Å². The summed E-state index contributed by atoms with van der Waals surface area (Å²) in [5.74, 6) is -0.367. The van der Waals surface area contributed by atoms with Crippen molar-refractivity contribution in [3.63, 3.8) is 0 Å². The third kappa shape index (κ3) is 5.83. The van der Waals surface area contributed by atoms with Gasteiger partial charge in [0, 0.05) is 13.1 Å². The lowest BCUT2D eigenvalue weighted by molar-refractivity contribution is -0.126. The van der Waals surface area contributed by atoms with Gasteiger partial charge in [0.15, 0.2) is 0 Å². The fraction of sp³-hybridized carbons (Fsp3) is 0.435. The van der Waals surface area contributed by atoms with E-state index < -0.39 is 21.8 Å². The zero-order chi connectivity index (χ0) is 22.6. The highest BCUT2D eigenvalue weighted by Crippen LogP contribution is 2.24. The van der Waals surface area contributed by atoms with Gasteiger partial charge in [-0.15, -0.1) is 0 Å². The SMILES string of the molecule is Cc1ccc(OC[C@H](C)NC(=O)[C@@H]2CCCN(S(=O)(=O)c3ccc(F)cc3)C2)cc1C. The summed E-state index contributed by atoms with van der Waals surface area (Å²) >= 11 is 0. The standard InChI is InChI=1S/C23H29FN2O4S/c1-16-6-9-21(13-17(16)2)30-15-18(3)25-23(27)19-5-4-12-26(14-19)31(28,29)22-10-7-20(24)8-11-22/h6-11,13,18-19H,4-5,12,14-15H2,1-3H3,(H,25,27)/t18-,19+/m0/s1. The molecule has 168 valence electrons. The highest BCUT2D eigenvalue weighted by atomic mass is 32.2. The number of rotatable bonds is 7. The number of halogens is 1. The minimum absolute atomic E-state index is 0.0325. The van der Waals surface area contributed by atoms with Gasteiger partial charge in [-0.1, -0.05) is 6.07 Å². The van der Waals surface area contributed by atoms with Crippen molar-refractivity contribution in [2.45, 2.75) is 44.6 Å². The van der Waals surface area contributed by atoms with Crippen molar-refractivity contribution in [2.24, 2.45) is 5.92 Å². The van der Waals surface area contributed by atoms with Crippen LogP contribution in [0.4, 0.5) is 4.39 Å². The Morgan fingerprint density at radius 2 is 1.90 bits per heavy atom. The molecule has 0 aliphatic carbocycles. The van der Waals surface area contributed by atoms with E-state index in [0.29, 0.717) is 26.0 Å².